The number of anilines is 1. The highest BCUT2D eigenvalue weighted by atomic mass is 35.5. The molecule has 10 heteroatoms. The molecule has 0 spiro atoms. The van der Waals surface area contributed by atoms with Gasteiger partial charge in [0.2, 0.25) is 0 Å². The summed E-state index contributed by atoms with van der Waals surface area (Å²) in [5.74, 6) is -4.11. The molecule has 0 aliphatic rings. The van der Waals surface area contributed by atoms with Gasteiger partial charge in [-0.1, -0.05) is 11.6 Å². The number of hydrogen-bond acceptors (Lipinski definition) is 4. The zero-order valence-electron chi connectivity index (χ0n) is 13.6. The molecule has 0 aliphatic carbocycles. The molecule has 1 amide bonds. The lowest BCUT2D eigenvalue weighted by Crippen LogP contribution is -2.30. The maximum absolute atomic E-state index is 13.1. The van der Waals surface area contributed by atoms with Crippen LogP contribution < -0.4 is 10.1 Å². The molecule has 0 bridgehead atoms. The standard InChI is InChI=1S/C17H12ClF4NO4/c1-8(26-16(25)9-4-10(19)6-11(20)5-9)15(24)23-12-2-3-14(13(18)7-12)27-17(21)22/h2-8,17H,1H3,(H,23,24). The second-order valence-corrected chi connectivity index (χ2v) is 5.63. The SMILES string of the molecule is CC(OC(=O)c1cc(F)cc(F)c1)C(=O)Nc1ccc(OC(F)F)c(Cl)c1. The zero-order chi connectivity index (χ0) is 20.1. The third-order valence-electron chi connectivity index (χ3n) is 3.17. The molecule has 0 radical (unpaired) electrons. The van der Waals surface area contributed by atoms with Crippen LogP contribution in [0.2, 0.25) is 5.02 Å². The third-order valence-corrected chi connectivity index (χ3v) is 3.46. The Kier molecular flexibility index (Phi) is 6.62. The Balaban J connectivity index is 2.01. The van der Waals surface area contributed by atoms with Crippen molar-refractivity contribution in [2.45, 2.75) is 19.6 Å². The Morgan fingerprint density at radius 2 is 1.70 bits per heavy atom. The summed E-state index contributed by atoms with van der Waals surface area (Å²) < 4.78 is 59.6. The van der Waals surface area contributed by atoms with E-state index in [9.17, 15) is 27.2 Å². The number of carbonyl (C=O) groups excluding carboxylic acids is 2. The Hall–Kier alpha value is -2.81. The van der Waals surface area contributed by atoms with Gasteiger partial charge in [-0.2, -0.15) is 8.78 Å². The van der Waals surface area contributed by atoms with Gasteiger partial charge in [0.05, 0.1) is 10.6 Å². The molecule has 0 heterocycles. The van der Waals surface area contributed by atoms with Gasteiger partial charge in [-0.05, 0) is 37.3 Å². The van der Waals surface area contributed by atoms with Crippen LogP contribution in [0.15, 0.2) is 36.4 Å². The second kappa shape index (κ2) is 8.72. The predicted octanol–water partition coefficient (Wildman–Crippen LogP) is 4.40. The van der Waals surface area contributed by atoms with Crippen molar-refractivity contribution in [2.24, 2.45) is 0 Å². The quantitative estimate of drug-likeness (QED) is 0.571. The number of amides is 1. The molecule has 0 saturated heterocycles. The fraction of sp³-hybridized carbons (Fsp3) is 0.176. The number of ether oxygens (including phenoxy) is 2. The Morgan fingerprint density at radius 3 is 2.26 bits per heavy atom. The smallest absolute Gasteiger partial charge is 0.387 e. The maximum Gasteiger partial charge on any atom is 0.387 e. The molecule has 0 fully saturated rings. The highest BCUT2D eigenvalue weighted by molar-refractivity contribution is 6.32. The summed E-state index contributed by atoms with van der Waals surface area (Å²) in [6, 6.07) is 5.63. The second-order valence-electron chi connectivity index (χ2n) is 5.22. The van der Waals surface area contributed by atoms with Crippen LogP contribution in [0.4, 0.5) is 23.2 Å². The number of nitrogens with one attached hydrogen (secondary N) is 1. The number of hydrogen-bond donors (Lipinski definition) is 1. The average molecular weight is 406 g/mol. The minimum atomic E-state index is -3.06. The number of halogens is 5. The van der Waals surface area contributed by atoms with Crippen LogP contribution in [0.5, 0.6) is 5.75 Å². The molecule has 2 aromatic rings. The van der Waals surface area contributed by atoms with Crippen LogP contribution in [-0.4, -0.2) is 24.6 Å². The molecule has 5 nitrogen and oxygen atoms in total. The Bertz CT molecular complexity index is 843. The summed E-state index contributed by atoms with van der Waals surface area (Å²) >= 11 is 5.76. The predicted molar refractivity (Wildman–Crippen MR) is 87.9 cm³/mol. The van der Waals surface area contributed by atoms with Crippen molar-refractivity contribution in [3.8, 4) is 5.75 Å². The molecule has 1 unspecified atom stereocenters. The van der Waals surface area contributed by atoms with E-state index >= 15 is 0 Å². The van der Waals surface area contributed by atoms with E-state index in [0.29, 0.717) is 6.07 Å². The monoisotopic (exact) mass is 405 g/mol. The van der Waals surface area contributed by atoms with Crippen molar-refractivity contribution in [3.05, 3.63) is 58.6 Å². The van der Waals surface area contributed by atoms with Gasteiger partial charge >= 0.3 is 12.6 Å². The van der Waals surface area contributed by atoms with Gasteiger partial charge in [0, 0.05) is 11.8 Å². The van der Waals surface area contributed by atoms with E-state index < -0.39 is 41.8 Å². The highest BCUT2D eigenvalue weighted by Crippen LogP contribution is 2.29. The van der Waals surface area contributed by atoms with Gasteiger partial charge in [-0.3, -0.25) is 4.79 Å². The molecule has 27 heavy (non-hydrogen) atoms. The van der Waals surface area contributed by atoms with Gasteiger partial charge in [0.25, 0.3) is 5.91 Å². The maximum atomic E-state index is 13.1. The summed E-state index contributed by atoms with van der Waals surface area (Å²) in [6.45, 7) is -1.83. The van der Waals surface area contributed by atoms with Crippen molar-refractivity contribution in [1.29, 1.82) is 0 Å². The first-order valence-electron chi connectivity index (χ1n) is 7.38. The summed E-state index contributed by atoms with van der Waals surface area (Å²) in [5, 5.41) is 2.18. The molecule has 1 N–H and O–H groups in total. The minimum absolute atomic E-state index is 0.131. The first-order chi connectivity index (χ1) is 12.7. The van der Waals surface area contributed by atoms with E-state index in [0.717, 1.165) is 24.3 Å². The summed E-state index contributed by atoms with van der Waals surface area (Å²) in [5.41, 5.74) is -0.269. The summed E-state index contributed by atoms with van der Waals surface area (Å²) in [7, 11) is 0. The fourth-order valence-corrected chi connectivity index (χ4v) is 2.19. The number of carbonyl (C=O) groups is 2. The van der Waals surface area contributed by atoms with Crippen LogP contribution in [0, 0.1) is 11.6 Å². The lowest BCUT2D eigenvalue weighted by molar-refractivity contribution is -0.123. The van der Waals surface area contributed by atoms with Crippen molar-refractivity contribution >= 4 is 29.2 Å². The molecule has 0 aromatic heterocycles. The highest BCUT2D eigenvalue weighted by Gasteiger charge is 2.20. The number of benzene rings is 2. The van der Waals surface area contributed by atoms with E-state index in [1.165, 1.54) is 13.0 Å². The van der Waals surface area contributed by atoms with E-state index in [4.69, 9.17) is 16.3 Å². The van der Waals surface area contributed by atoms with Gasteiger partial charge in [0.15, 0.2) is 6.10 Å². The van der Waals surface area contributed by atoms with E-state index in [1.807, 2.05) is 0 Å². The molecule has 0 aliphatic heterocycles. The Labute approximate surface area is 155 Å². The van der Waals surface area contributed by atoms with Crippen LogP contribution in [0.1, 0.15) is 17.3 Å². The molecule has 1 atom stereocenters. The van der Waals surface area contributed by atoms with Crippen LogP contribution in [-0.2, 0) is 9.53 Å². The van der Waals surface area contributed by atoms with Crippen LogP contribution in [0.3, 0.4) is 0 Å². The van der Waals surface area contributed by atoms with Crippen molar-refractivity contribution in [2.75, 3.05) is 5.32 Å². The summed E-state index contributed by atoms with van der Waals surface area (Å²) in [4.78, 5) is 23.9. The van der Waals surface area contributed by atoms with Crippen LogP contribution in [0.25, 0.3) is 0 Å². The first-order valence-corrected chi connectivity index (χ1v) is 7.76. The van der Waals surface area contributed by atoms with Crippen molar-refractivity contribution in [1.82, 2.24) is 0 Å². The first kappa shape index (κ1) is 20.5. The normalized spacial score (nSPS) is 11.8. The van der Waals surface area contributed by atoms with E-state index in [1.54, 1.807) is 0 Å². The van der Waals surface area contributed by atoms with E-state index in [-0.39, 0.29) is 16.5 Å². The largest absolute Gasteiger partial charge is 0.449 e. The van der Waals surface area contributed by atoms with E-state index in [2.05, 4.69) is 10.1 Å². The van der Waals surface area contributed by atoms with Gasteiger partial charge in [-0.25, -0.2) is 13.6 Å². The number of esters is 1. The van der Waals surface area contributed by atoms with Crippen molar-refractivity contribution in [3.63, 3.8) is 0 Å². The van der Waals surface area contributed by atoms with Gasteiger partial charge < -0.3 is 14.8 Å². The van der Waals surface area contributed by atoms with Gasteiger partial charge in [-0.15, -0.1) is 0 Å². The minimum Gasteiger partial charge on any atom is -0.449 e. The molecule has 2 aromatic carbocycles. The number of alkyl halides is 2. The van der Waals surface area contributed by atoms with Crippen molar-refractivity contribution < 1.29 is 36.6 Å². The molecular formula is C17H12ClF4NO4. The topological polar surface area (TPSA) is 64.6 Å². The fourth-order valence-electron chi connectivity index (χ4n) is 1.97. The Morgan fingerprint density at radius 1 is 1.07 bits per heavy atom. The number of rotatable bonds is 6. The van der Waals surface area contributed by atoms with Crippen LogP contribution >= 0.6 is 11.6 Å². The third kappa shape index (κ3) is 5.85. The molecule has 144 valence electrons. The lowest BCUT2D eigenvalue weighted by atomic mass is 10.2. The molecule has 2 rings (SSSR count). The lowest BCUT2D eigenvalue weighted by Gasteiger charge is -2.14. The average Bonchev–Trinajstić information content (AvgIpc) is 2.56. The molecular weight excluding hydrogens is 394 g/mol. The summed E-state index contributed by atoms with van der Waals surface area (Å²) in [6.07, 6.45) is -1.32. The van der Waals surface area contributed by atoms with Gasteiger partial charge in [0.1, 0.15) is 17.4 Å². The molecule has 0 saturated carbocycles. The zero-order valence-corrected chi connectivity index (χ0v) is 14.4.